The number of rotatable bonds is 5. The molecular weight excluding hydrogens is 391 g/mol. The highest BCUT2D eigenvalue weighted by atomic mass is 35.5. The van der Waals surface area contributed by atoms with E-state index in [1.807, 2.05) is 6.07 Å². The van der Waals surface area contributed by atoms with E-state index in [1.54, 1.807) is 24.3 Å². The summed E-state index contributed by atoms with van der Waals surface area (Å²) < 4.78 is 42.7. The summed E-state index contributed by atoms with van der Waals surface area (Å²) in [6.45, 7) is 0.0902. The zero-order chi connectivity index (χ0) is 20.4. The lowest BCUT2D eigenvalue weighted by Crippen LogP contribution is -2.20. The molecule has 0 aliphatic carbocycles. The largest absolute Gasteiger partial charge is 0.366 e. The third-order valence-corrected chi connectivity index (χ3v) is 4.59. The summed E-state index contributed by atoms with van der Waals surface area (Å²) in [6.07, 6.45) is 0. The normalized spacial score (nSPS) is 12.0. The molecule has 0 saturated carbocycles. The number of nitrogens with two attached hydrogens (primary N) is 2. The first-order valence-electron chi connectivity index (χ1n) is 8.23. The van der Waals surface area contributed by atoms with Gasteiger partial charge in [0.25, 0.3) is 5.91 Å². The van der Waals surface area contributed by atoms with Gasteiger partial charge in [0.15, 0.2) is 5.82 Å². The Labute approximate surface area is 164 Å². The van der Waals surface area contributed by atoms with E-state index in [-0.39, 0.29) is 12.2 Å². The fourth-order valence-electron chi connectivity index (χ4n) is 2.90. The molecule has 144 valence electrons. The smallest absolute Gasteiger partial charge is 0.251 e. The van der Waals surface area contributed by atoms with Gasteiger partial charge in [0.05, 0.1) is 16.3 Å². The standard InChI is InChI=1S/C20H15ClF3N3O/c21-14-6-11(15(22)8-16(14)23)19-18(24)12(20(26)28)7-17(27-19)13(9-25)10-4-2-1-3-5-10/h1-8,13H,9,25H2,(H2,26,28). The lowest BCUT2D eigenvalue weighted by Gasteiger charge is -2.18. The monoisotopic (exact) mass is 405 g/mol. The molecule has 0 fully saturated rings. The minimum atomic E-state index is -1.12. The van der Waals surface area contributed by atoms with E-state index in [9.17, 15) is 18.0 Å². The average Bonchev–Trinajstić information content (AvgIpc) is 2.67. The van der Waals surface area contributed by atoms with Crippen LogP contribution in [0.3, 0.4) is 0 Å². The van der Waals surface area contributed by atoms with E-state index in [1.165, 1.54) is 6.07 Å². The Morgan fingerprint density at radius 1 is 1.07 bits per heavy atom. The number of amides is 1. The van der Waals surface area contributed by atoms with E-state index < -0.39 is 51.1 Å². The summed E-state index contributed by atoms with van der Waals surface area (Å²) in [5, 5.41) is -0.415. The van der Waals surface area contributed by atoms with Crippen LogP contribution < -0.4 is 11.5 Å². The van der Waals surface area contributed by atoms with Crippen molar-refractivity contribution in [2.24, 2.45) is 11.5 Å². The van der Waals surface area contributed by atoms with Crippen molar-refractivity contribution in [1.29, 1.82) is 0 Å². The predicted octanol–water partition coefficient (Wildman–Crippen LogP) is 4.01. The fraction of sp³-hybridized carbons (Fsp3) is 0.100. The van der Waals surface area contributed by atoms with Crippen LogP contribution in [0.2, 0.25) is 5.02 Å². The third-order valence-electron chi connectivity index (χ3n) is 4.30. The van der Waals surface area contributed by atoms with Crippen molar-refractivity contribution < 1.29 is 18.0 Å². The molecular formula is C20H15ClF3N3O. The molecule has 1 amide bonds. The van der Waals surface area contributed by atoms with E-state index in [4.69, 9.17) is 23.1 Å². The molecule has 1 unspecified atom stereocenters. The maximum absolute atomic E-state index is 14.9. The van der Waals surface area contributed by atoms with Gasteiger partial charge < -0.3 is 11.5 Å². The van der Waals surface area contributed by atoms with Gasteiger partial charge in [0, 0.05) is 24.1 Å². The number of pyridine rings is 1. The molecule has 4 nitrogen and oxygen atoms in total. The van der Waals surface area contributed by atoms with Gasteiger partial charge in [-0.3, -0.25) is 4.79 Å². The van der Waals surface area contributed by atoms with E-state index in [2.05, 4.69) is 4.98 Å². The second kappa shape index (κ2) is 8.00. The molecule has 0 aliphatic heterocycles. The summed E-state index contributed by atoms with van der Waals surface area (Å²) in [6, 6.07) is 11.6. The average molecular weight is 406 g/mol. The summed E-state index contributed by atoms with van der Waals surface area (Å²) in [5.41, 5.74) is 10.8. The molecule has 0 aliphatic rings. The Morgan fingerprint density at radius 2 is 1.75 bits per heavy atom. The predicted molar refractivity (Wildman–Crippen MR) is 100 cm³/mol. The molecule has 4 N–H and O–H groups in total. The minimum absolute atomic E-state index is 0.0902. The number of aromatic nitrogens is 1. The molecule has 2 aromatic carbocycles. The van der Waals surface area contributed by atoms with Gasteiger partial charge in [-0.15, -0.1) is 0 Å². The summed E-state index contributed by atoms with van der Waals surface area (Å²) in [7, 11) is 0. The molecule has 1 aromatic heterocycles. The van der Waals surface area contributed by atoms with Crippen molar-refractivity contribution in [3.63, 3.8) is 0 Å². The molecule has 1 heterocycles. The molecule has 3 rings (SSSR count). The van der Waals surface area contributed by atoms with Crippen LogP contribution >= 0.6 is 11.6 Å². The third kappa shape index (κ3) is 3.72. The van der Waals surface area contributed by atoms with Crippen LogP contribution in [0.25, 0.3) is 11.3 Å². The van der Waals surface area contributed by atoms with Gasteiger partial charge in [0.2, 0.25) is 0 Å². The van der Waals surface area contributed by atoms with Gasteiger partial charge in [-0.25, -0.2) is 18.2 Å². The molecule has 8 heteroatoms. The van der Waals surface area contributed by atoms with Gasteiger partial charge in [-0.2, -0.15) is 0 Å². The highest BCUT2D eigenvalue weighted by Crippen LogP contribution is 2.32. The fourth-order valence-corrected chi connectivity index (χ4v) is 3.07. The van der Waals surface area contributed by atoms with Crippen LogP contribution in [0.5, 0.6) is 0 Å². The van der Waals surface area contributed by atoms with Crippen molar-refractivity contribution >= 4 is 17.5 Å². The molecule has 0 radical (unpaired) electrons. The summed E-state index contributed by atoms with van der Waals surface area (Å²) in [5.74, 6) is -4.76. The van der Waals surface area contributed by atoms with Gasteiger partial charge in [0.1, 0.15) is 17.3 Å². The highest BCUT2D eigenvalue weighted by molar-refractivity contribution is 6.31. The van der Waals surface area contributed by atoms with Crippen LogP contribution in [0.15, 0.2) is 48.5 Å². The maximum atomic E-state index is 14.9. The van der Waals surface area contributed by atoms with Crippen LogP contribution in [0.4, 0.5) is 13.2 Å². The quantitative estimate of drug-likeness (QED) is 0.629. The topological polar surface area (TPSA) is 82.0 Å². The number of halogens is 4. The number of hydrogen-bond acceptors (Lipinski definition) is 3. The zero-order valence-electron chi connectivity index (χ0n) is 14.4. The van der Waals surface area contributed by atoms with Gasteiger partial charge in [-0.05, 0) is 17.7 Å². The van der Waals surface area contributed by atoms with Gasteiger partial charge >= 0.3 is 0 Å². The van der Waals surface area contributed by atoms with Crippen molar-refractivity contribution in [1.82, 2.24) is 4.98 Å². The van der Waals surface area contributed by atoms with Crippen LogP contribution in [-0.4, -0.2) is 17.4 Å². The number of primary amides is 1. The zero-order valence-corrected chi connectivity index (χ0v) is 15.2. The first kappa shape index (κ1) is 19.9. The van der Waals surface area contributed by atoms with E-state index in [0.29, 0.717) is 6.07 Å². The Balaban J connectivity index is 2.27. The highest BCUT2D eigenvalue weighted by Gasteiger charge is 2.24. The number of hydrogen-bond donors (Lipinski definition) is 2. The van der Waals surface area contributed by atoms with Crippen LogP contribution in [0.1, 0.15) is 27.5 Å². The number of nitrogens with zero attached hydrogens (tertiary/aromatic N) is 1. The molecule has 0 bridgehead atoms. The summed E-state index contributed by atoms with van der Waals surface area (Å²) in [4.78, 5) is 15.9. The molecule has 0 spiro atoms. The Kier molecular flexibility index (Phi) is 5.67. The maximum Gasteiger partial charge on any atom is 0.251 e. The number of carbonyl (C=O) groups is 1. The van der Waals surface area contributed by atoms with Crippen molar-refractivity contribution in [3.8, 4) is 11.3 Å². The Bertz CT molecular complexity index is 1040. The molecule has 0 saturated heterocycles. The summed E-state index contributed by atoms with van der Waals surface area (Å²) >= 11 is 5.71. The number of benzene rings is 2. The van der Waals surface area contributed by atoms with Crippen molar-refractivity contribution in [2.75, 3.05) is 6.54 Å². The lowest BCUT2D eigenvalue weighted by molar-refractivity contribution is 0.0996. The van der Waals surface area contributed by atoms with Crippen LogP contribution in [0, 0.1) is 17.5 Å². The first-order chi connectivity index (χ1) is 13.3. The SMILES string of the molecule is NCC(c1ccccc1)c1cc(C(N)=O)c(F)c(-c2cc(Cl)c(F)cc2F)n1. The van der Waals surface area contributed by atoms with Crippen molar-refractivity contribution in [2.45, 2.75) is 5.92 Å². The lowest BCUT2D eigenvalue weighted by atomic mass is 9.93. The second-order valence-corrected chi connectivity index (χ2v) is 6.47. The molecule has 1 atom stereocenters. The Morgan fingerprint density at radius 3 is 2.36 bits per heavy atom. The van der Waals surface area contributed by atoms with Gasteiger partial charge in [-0.1, -0.05) is 41.9 Å². The molecule has 3 aromatic rings. The number of carbonyl (C=O) groups excluding carboxylic acids is 1. The Hall–Kier alpha value is -2.90. The van der Waals surface area contributed by atoms with Crippen molar-refractivity contribution in [3.05, 3.63) is 87.8 Å². The second-order valence-electron chi connectivity index (χ2n) is 6.07. The first-order valence-corrected chi connectivity index (χ1v) is 8.61. The van der Waals surface area contributed by atoms with E-state index in [0.717, 1.165) is 11.6 Å². The van der Waals surface area contributed by atoms with Crippen LogP contribution in [-0.2, 0) is 0 Å². The molecule has 28 heavy (non-hydrogen) atoms. The van der Waals surface area contributed by atoms with E-state index >= 15 is 0 Å². The minimum Gasteiger partial charge on any atom is -0.366 e.